The Kier molecular flexibility index (Phi) is 10.6. The molecule has 1 heterocycles. The number of H-pyrrole nitrogens is 1. The first-order valence-corrected chi connectivity index (χ1v) is 19.9. The number of rotatable bonds is 10. The van der Waals surface area contributed by atoms with E-state index in [1.165, 1.54) is 28.7 Å². The SMILES string of the molecule is CC(C)(C)c1ccc(-c2ccc(C(Cc3ccc(C(=O)NCCS(=O)(=O)O)cc3)c3nc4cc(C5=CCC(C(C)(C)C)CC5)ccc4[nH]3)cc2)cc1. The summed E-state index contributed by atoms with van der Waals surface area (Å²) < 4.78 is 31.1. The van der Waals surface area contributed by atoms with E-state index in [4.69, 9.17) is 9.54 Å². The van der Waals surface area contributed by atoms with E-state index in [0.29, 0.717) is 23.3 Å². The van der Waals surface area contributed by atoms with Crippen LogP contribution < -0.4 is 5.32 Å². The summed E-state index contributed by atoms with van der Waals surface area (Å²) in [6.45, 7) is 13.5. The van der Waals surface area contributed by atoms with Gasteiger partial charge in [0, 0.05) is 18.0 Å². The topological polar surface area (TPSA) is 112 Å². The summed E-state index contributed by atoms with van der Waals surface area (Å²) in [5.74, 6) is 0.567. The Labute approximate surface area is 308 Å². The van der Waals surface area contributed by atoms with Gasteiger partial charge in [0.25, 0.3) is 16.0 Å². The van der Waals surface area contributed by atoms with Crippen molar-refractivity contribution in [3.05, 3.63) is 131 Å². The van der Waals surface area contributed by atoms with Gasteiger partial charge in [0.1, 0.15) is 5.82 Å². The maximum absolute atomic E-state index is 12.6. The van der Waals surface area contributed by atoms with Crippen LogP contribution in [-0.4, -0.2) is 41.1 Å². The number of amides is 1. The Bertz CT molecular complexity index is 2170. The molecule has 7 nitrogen and oxygen atoms in total. The number of hydrogen-bond acceptors (Lipinski definition) is 4. The van der Waals surface area contributed by atoms with E-state index in [1.54, 1.807) is 12.1 Å². The molecule has 0 fully saturated rings. The molecule has 0 spiro atoms. The lowest BCUT2D eigenvalue weighted by Crippen LogP contribution is -2.28. The number of carbonyl (C=O) groups is 1. The lowest BCUT2D eigenvalue weighted by molar-refractivity contribution is 0.0956. The zero-order chi connectivity index (χ0) is 37.3. The maximum atomic E-state index is 12.6. The first kappa shape index (κ1) is 37.2. The van der Waals surface area contributed by atoms with Crippen molar-refractivity contribution in [3.63, 3.8) is 0 Å². The Morgan fingerprint density at radius 3 is 2.10 bits per heavy atom. The standard InChI is InChI=1S/C44H51N3O4S/c1-43(2,3)36-20-15-31(16-21-36)30-11-13-33(14-12-30)38(27-29-7-9-34(10-8-29)42(48)45-25-26-52(49,50)51)41-46-39-24-19-35(28-40(39)47-41)32-17-22-37(23-18-32)44(4,5)6/h7-17,19-21,24,28,37-38H,18,22-23,25-27H2,1-6H3,(H,45,48)(H,46,47)(H,49,50,51). The number of benzene rings is 4. The van der Waals surface area contributed by atoms with Gasteiger partial charge >= 0.3 is 0 Å². The molecule has 4 aromatic carbocycles. The number of carbonyl (C=O) groups excluding carboxylic acids is 1. The molecular formula is C44H51N3O4S. The fourth-order valence-corrected chi connectivity index (χ4v) is 7.50. The van der Waals surface area contributed by atoms with Crippen LogP contribution in [-0.2, 0) is 22.0 Å². The molecule has 1 aliphatic carbocycles. The second-order valence-corrected chi connectivity index (χ2v) is 17.9. The van der Waals surface area contributed by atoms with Crippen molar-refractivity contribution in [2.75, 3.05) is 12.3 Å². The number of hydrogen-bond donors (Lipinski definition) is 3. The molecule has 52 heavy (non-hydrogen) atoms. The van der Waals surface area contributed by atoms with Gasteiger partial charge in [-0.2, -0.15) is 8.42 Å². The molecule has 0 bridgehead atoms. The van der Waals surface area contributed by atoms with Gasteiger partial charge in [-0.25, -0.2) is 4.98 Å². The van der Waals surface area contributed by atoms with Crippen LogP contribution >= 0.6 is 0 Å². The fraction of sp³-hybridized carbons (Fsp3) is 0.364. The molecule has 0 aliphatic heterocycles. The number of imidazole rings is 1. The molecule has 272 valence electrons. The number of allylic oxidation sites excluding steroid dienone is 2. The molecule has 3 N–H and O–H groups in total. The summed E-state index contributed by atoms with van der Waals surface area (Å²) in [6.07, 6.45) is 6.45. The van der Waals surface area contributed by atoms with Crippen LogP contribution in [0.1, 0.15) is 105 Å². The van der Waals surface area contributed by atoms with Crippen molar-refractivity contribution in [1.29, 1.82) is 0 Å². The number of aromatic nitrogens is 2. The molecule has 2 atom stereocenters. The molecule has 8 heteroatoms. The molecule has 5 aromatic rings. The summed E-state index contributed by atoms with van der Waals surface area (Å²) in [6, 6.07) is 31.4. The van der Waals surface area contributed by atoms with Gasteiger partial charge in [-0.05, 0) is 106 Å². The highest BCUT2D eigenvalue weighted by atomic mass is 32.2. The highest BCUT2D eigenvalue weighted by Gasteiger charge is 2.27. The van der Waals surface area contributed by atoms with Crippen LogP contribution in [0.5, 0.6) is 0 Å². The Morgan fingerprint density at radius 1 is 0.885 bits per heavy atom. The van der Waals surface area contributed by atoms with Crippen LogP contribution in [0.4, 0.5) is 0 Å². The molecule has 1 aromatic heterocycles. The molecule has 0 radical (unpaired) electrons. The van der Waals surface area contributed by atoms with Crippen molar-refractivity contribution >= 4 is 32.6 Å². The number of fused-ring (bicyclic) bond motifs is 1. The summed E-state index contributed by atoms with van der Waals surface area (Å²) in [5, 5.41) is 2.55. The molecule has 0 saturated carbocycles. The number of nitrogens with one attached hydrogen (secondary N) is 2. The van der Waals surface area contributed by atoms with E-state index >= 15 is 0 Å². The second-order valence-electron chi connectivity index (χ2n) is 16.4. The van der Waals surface area contributed by atoms with Crippen LogP contribution in [0.25, 0.3) is 27.7 Å². The zero-order valence-electron chi connectivity index (χ0n) is 31.2. The van der Waals surface area contributed by atoms with Gasteiger partial charge < -0.3 is 10.3 Å². The Balaban J connectivity index is 1.28. The van der Waals surface area contributed by atoms with E-state index in [-0.39, 0.29) is 17.9 Å². The summed E-state index contributed by atoms with van der Waals surface area (Å²) in [5.41, 5.74) is 11.2. The minimum Gasteiger partial charge on any atom is -0.351 e. The second kappa shape index (κ2) is 14.8. The third-order valence-corrected chi connectivity index (χ3v) is 11.3. The predicted molar refractivity (Wildman–Crippen MR) is 212 cm³/mol. The Morgan fingerprint density at radius 2 is 1.52 bits per heavy atom. The Hall–Kier alpha value is -4.53. The minimum atomic E-state index is -4.15. The van der Waals surface area contributed by atoms with Gasteiger partial charge in [0.15, 0.2) is 0 Å². The molecule has 0 saturated heterocycles. The van der Waals surface area contributed by atoms with Crippen molar-refractivity contribution in [2.24, 2.45) is 11.3 Å². The average Bonchev–Trinajstić information content (AvgIpc) is 3.53. The third kappa shape index (κ3) is 9.09. The summed E-state index contributed by atoms with van der Waals surface area (Å²) >= 11 is 0. The van der Waals surface area contributed by atoms with E-state index < -0.39 is 21.8 Å². The number of nitrogens with zero attached hydrogens (tertiary/aromatic N) is 1. The quantitative estimate of drug-likeness (QED) is 0.125. The minimum absolute atomic E-state index is 0.0796. The van der Waals surface area contributed by atoms with Crippen molar-refractivity contribution in [2.45, 2.75) is 78.6 Å². The first-order valence-electron chi connectivity index (χ1n) is 18.3. The molecular weight excluding hydrogens is 667 g/mol. The first-order chi connectivity index (χ1) is 24.5. The van der Waals surface area contributed by atoms with E-state index in [0.717, 1.165) is 46.4 Å². The monoisotopic (exact) mass is 717 g/mol. The van der Waals surface area contributed by atoms with E-state index in [2.05, 4.69) is 125 Å². The lowest BCUT2D eigenvalue weighted by atomic mass is 9.72. The maximum Gasteiger partial charge on any atom is 0.266 e. The largest absolute Gasteiger partial charge is 0.351 e. The van der Waals surface area contributed by atoms with Crippen molar-refractivity contribution < 1.29 is 17.8 Å². The highest BCUT2D eigenvalue weighted by Crippen LogP contribution is 2.40. The van der Waals surface area contributed by atoms with E-state index in [9.17, 15) is 13.2 Å². The lowest BCUT2D eigenvalue weighted by Gasteiger charge is -2.33. The summed E-state index contributed by atoms with van der Waals surface area (Å²) in [4.78, 5) is 21.4. The van der Waals surface area contributed by atoms with Gasteiger partial charge in [-0.1, -0.05) is 114 Å². The smallest absolute Gasteiger partial charge is 0.266 e. The van der Waals surface area contributed by atoms with Crippen LogP contribution in [0.15, 0.2) is 97.1 Å². The summed E-state index contributed by atoms with van der Waals surface area (Å²) in [7, 11) is -4.15. The molecule has 6 rings (SSSR count). The normalized spacial score (nSPS) is 16.1. The van der Waals surface area contributed by atoms with Crippen LogP contribution in [0.3, 0.4) is 0 Å². The van der Waals surface area contributed by atoms with Crippen LogP contribution in [0, 0.1) is 11.3 Å². The van der Waals surface area contributed by atoms with Gasteiger partial charge in [0.2, 0.25) is 0 Å². The van der Waals surface area contributed by atoms with Crippen molar-refractivity contribution in [1.82, 2.24) is 15.3 Å². The highest BCUT2D eigenvalue weighted by molar-refractivity contribution is 7.85. The van der Waals surface area contributed by atoms with Crippen LogP contribution in [0.2, 0.25) is 0 Å². The van der Waals surface area contributed by atoms with E-state index in [1.807, 2.05) is 12.1 Å². The van der Waals surface area contributed by atoms with Gasteiger partial charge in [-0.3, -0.25) is 9.35 Å². The molecule has 1 aliphatic rings. The zero-order valence-corrected chi connectivity index (χ0v) is 32.0. The fourth-order valence-electron chi connectivity index (χ4n) is 7.14. The average molecular weight is 718 g/mol. The van der Waals surface area contributed by atoms with Crippen molar-refractivity contribution in [3.8, 4) is 11.1 Å². The molecule has 1 amide bonds. The molecule has 2 unspecified atom stereocenters. The third-order valence-electron chi connectivity index (χ3n) is 10.5. The van der Waals surface area contributed by atoms with Gasteiger partial charge in [-0.15, -0.1) is 0 Å². The van der Waals surface area contributed by atoms with Gasteiger partial charge in [0.05, 0.1) is 16.8 Å². The number of aromatic amines is 1. The predicted octanol–water partition coefficient (Wildman–Crippen LogP) is 9.75.